The van der Waals surface area contributed by atoms with Crippen molar-refractivity contribution >= 4 is 22.4 Å². The van der Waals surface area contributed by atoms with Crippen molar-refractivity contribution in [1.82, 2.24) is 0 Å². The van der Waals surface area contributed by atoms with E-state index in [1.807, 2.05) is 48.5 Å². The summed E-state index contributed by atoms with van der Waals surface area (Å²) in [6.07, 6.45) is 0.779. The number of methoxy groups -OCH3 is 1. The van der Waals surface area contributed by atoms with Gasteiger partial charge in [0.15, 0.2) is 5.76 Å². The first-order chi connectivity index (χ1) is 13.8. The first kappa shape index (κ1) is 16.6. The maximum Gasteiger partial charge on any atom is 0.151 e. The Hall–Kier alpha value is -3.53. The highest BCUT2D eigenvalue weighted by atomic mass is 16.5. The van der Waals surface area contributed by atoms with E-state index in [4.69, 9.17) is 14.3 Å². The predicted octanol–water partition coefficient (Wildman–Crippen LogP) is 5.80. The van der Waals surface area contributed by atoms with Gasteiger partial charge in [-0.25, -0.2) is 0 Å². The molecule has 1 aliphatic rings. The van der Waals surface area contributed by atoms with Gasteiger partial charge in [0.25, 0.3) is 0 Å². The molecular weight excluding hydrogens is 348 g/mol. The molecule has 0 N–H and O–H groups in total. The van der Waals surface area contributed by atoms with Gasteiger partial charge in [0.05, 0.1) is 18.8 Å². The van der Waals surface area contributed by atoms with Gasteiger partial charge in [0.1, 0.15) is 17.0 Å². The minimum absolute atomic E-state index is 0.108. The van der Waals surface area contributed by atoms with Gasteiger partial charge in [-0.05, 0) is 42.0 Å². The van der Waals surface area contributed by atoms with Gasteiger partial charge in [0, 0.05) is 11.8 Å². The fraction of sp³-hybridized carbons (Fsp3) is 0.125. The Morgan fingerprint density at radius 3 is 2.43 bits per heavy atom. The number of hydrazone groups is 1. The van der Waals surface area contributed by atoms with E-state index in [0.717, 1.165) is 40.3 Å². The van der Waals surface area contributed by atoms with Crippen LogP contribution >= 0.6 is 0 Å². The van der Waals surface area contributed by atoms with E-state index in [0.29, 0.717) is 0 Å². The molecule has 4 aromatic rings. The highest BCUT2D eigenvalue weighted by Gasteiger charge is 2.31. The minimum atomic E-state index is 0.108. The van der Waals surface area contributed by atoms with Crippen molar-refractivity contribution < 1.29 is 9.15 Å². The van der Waals surface area contributed by atoms with Crippen LogP contribution in [-0.2, 0) is 0 Å². The molecule has 4 nitrogen and oxygen atoms in total. The van der Waals surface area contributed by atoms with Crippen LogP contribution < -0.4 is 9.75 Å². The van der Waals surface area contributed by atoms with Gasteiger partial charge < -0.3 is 9.15 Å². The zero-order valence-electron chi connectivity index (χ0n) is 15.6. The molecule has 28 heavy (non-hydrogen) atoms. The van der Waals surface area contributed by atoms with E-state index in [-0.39, 0.29) is 6.04 Å². The molecule has 0 aliphatic carbocycles. The van der Waals surface area contributed by atoms with Crippen LogP contribution in [0.1, 0.15) is 23.8 Å². The number of fused-ring (bicyclic) bond motifs is 1. The Bertz CT molecular complexity index is 1100. The molecule has 0 saturated carbocycles. The highest BCUT2D eigenvalue weighted by molar-refractivity contribution is 6.03. The summed E-state index contributed by atoms with van der Waals surface area (Å²) in [4.78, 5) is 0. The summed E-state index contributed by atoms with van der Waals surface area (Å²) in [5, 5.41) is 8.13. The lowest BCUT2D eigenvalue weighted by Crippen LogP contribution is -2.18. The van der Waals surface area contributed by atoms with E-state index < -0.39 is 0 Å². The van der Waals surface area contributed by atoms with Crippen molar-refractivity contribution in [2.24, 2.45) is 5.10 Å². The number of anilines is 1. The summed E-state index contributed by atoms with van der Waals surface area (Å²) in [7, 11) is 1.68. The van der Waals surface area contributed by atoms with E-state index in [2.05, 4.69) is 41.4 Å². The molecule has 0 bridgehead atoms. The van der Waals surface area contributed by atoms with Crippen molar-refractivity contribution in [3.63, 3.8) is 0 Å². The van der Waals surface area contributed by atoms with Crippen LogP contribution in [0.5, 0.6) is 5.75 Å². The van der Waals surface area contributed by atoms with Crippen molar-refractivity contribution in [2.45, 2.75) is 12.5 Å². The van der Waals surface area contributed by atoms with E-state index >= 15 is 0 Å². The van der Waals surface area contributed by atoms with Crippen LogP contribution in [0.2, 0.25) is 0 Å². The topological polar surface area (TPSA) is 38.0 Å². The molecule has 5 rings (SSSR count). The second-order valence-electron chi connectivity index (χ2n) is 6.87. The third kappa shape index (κ3) is 2.93. The van der Waals surface area contributed by atoms with Crippen molar-refractivity contribution in [3.8, 4) is 5.75 Å². The van der Waals surface area contributed by atoms with Crippen molar-refractivity contribution in [1.29, 1.82) is 0 Å². The highest BCUT2D eigenvalue weighted by Crippen LogP contribution is 2.37. The average Bonchev–Trinajstić information content (AvgIpc) is 3.39. The lowest BCUT2D eigenvalue weighted by atomic mass is 10.0. The second kappa shape index (κ2) is 6.89. The molecule has 0 fully saturated rings. The van der Waals surface area contributed by atoms with Crippen molar-refractivity contribution in [2.75, 3.05) is 12.1 Å². The number of rotatable bonds is 4. The van der Waals surface area contributed by atoms with Gasteiger partial charge in [-0.1, -0.05) is 48.5 Å². The summed E-state index contributed by atoms with van der Waals surface area (Å²) in [6.45, 7) is 0. The van der Waals surface area contributed by atoms with Crippen LogP contribution in [0.4, 0.5) is 5.69 Å². The zero-order chi connectivity index (χ0) is 18.9. The Morgan fingerprint density at radius 1 is 0.929 bits per heavy atom. The molecule has 4 heteroatoms. The summed E-state index contributed by atoms with van der Waals surface area (Å²) >= 11 is 0. The standard InChI is InChI=1S/C24H20N2O2/c1-27-20-13-11-17(12-14-20)22-16-21(25-26(22)19-8-3-2-4-9-19)24-15-18-7-5-6-10-23(18)28-24/h2-15,22H,16H2,1H3/t22-/m1/s1. The maximum absolute atomic E-state index is 6.08. The van der Waals surface area contributed by atoms with E-state index in [9.17, 15) is 0 Å². The van der Waals surface area contributed by atoms with Gasteiger partial charge in [0.2, 0.25) is 0 Å². The summed E-state index contributed by atoms with van der Waals surface area (Å²) in [5.41, 5.74) is 4.11. The maximum atomic E-state index is 6.08. The molecule has 0 saturated heterocycles. The number of hydrogen-bond acceptors (Lipinski definition) is 4. The molecule has 0 amide bonds. The predicted molar refractivity (Wildman–Crippen MR) is 112 cm³/mol. The first-order valence-electron chi connectivity index (χ1n) is 9.36. The molecule has 1 atom stereocenters. The van der Waals surface area contributed by atoms with Crippen LogP contribution in [-0.4, -0.2) is 12.8 Å². The smallest absolute Gasteiger partial charge is 0.151 e. The summed E-state index contributed by atoms with van der Waals surface area (Å²) in [6, 6.07) is 28.7. The zero-order valence-corrected chi connectivity index (χ0v) is 15.6. The monoisotopic (exact) mass is 368 g/mol. The Balaban J connectivity index is 1.55. The molecule has 1 aromatic heterocycles. The van der Waals surface area contributed by atoms with Crippen molar-refractivity contribution in [3.05, 3.63) is 96.3 Å². The van der Waals surface area contributed by atoms with Crippen LogP contribution in [0, 0.1) is 0 Å². The summed E-state index contributed by atoms with van der Waals surface area (Å²) < 4.78 is 11.4. The molecule has 138 valence electrons. The van der Waals surface area contributed by atoms with Gasteiger partial charge in [-0.2, -0.15) is 5.10 Å². The Kier molecular flexibility index (Phi) is 4.09. The molecule has 0 spiro atoms. The SMILES string of the molecule is COc1ccc([C@H]2CC(c3cc4ccccc4o3)=NN2c2ccccc2)cc1. The number of benzene rings is 3. The lowest BCUT2D eigenvalue weighted by molar-refractivity contribution is 0.414. The largest absolute Gasteiger partial charge is 0.497 e. The third-order valence-corrected chi connectivity index (χ3v) is 5.14. The molecular formula is C24H20N2O2. The number of hydrogen-bond donors (Lipinski definition) is 0. The quantitative estimate of drug-likeness (QED) is 0.457. The number of furan rings is 1. The third-order valence-electron chi connectivity index (χ3n) is 5.14. The van der Waals surface area contributed by atoms with Crippen LogP contribution in [0.15, 0.2) is 94.4 Å². The Labute approximate surface area is 163 Å². The molecule has 0 radical (unpaired) electrons. The molecule has 3 aromatic carbocycles. The normalized spacial score (nSPS) is 16.4. The van der Waals surface area contributed by atoms with Gasteiger partial charge in [-0.3, -0.25) is 5.01 Å². The lowest BCUT2D eigenvalue weighted by Gasteiger charge is -2.24. The van der Waals surface area contributed by atoms with Crippen LogP contribution in [0.25, 0.3) is 11.0 Å². The van der Waals surface area contributed by atoms with E-state index in [1.165, 1.54) is 5.56 Å². The first-order valence-corrected chi connectivity index (χ1v) is 9.36. The number of nitrogens with zero attached hydrogens (tertiary/aromatic N) is 2. The fourth-order valence-electron chi connectivity index (χ4n) is 3.69. The van der Waals surface area contributed by atoms with E-state index in [1.54, 1.807) is 7.11 Å². The molecule has 2 heterocycles. The van der Waals surface area contributed by atoms with Gasteiger partial charge in [-0.15, -0.1) is 0 Å². The average molecular weight is 368 g/mol. The Morgan fingerprint density at radius 2 is 1.68 bits per heavy atom. The summed E-state index contributed by atoms with van der Waals surface area (Å²) in [5.74, 6) is 1.68. The van der Waals surface area contributed by atoms with Gasteiger partial charge >= 0.3 is 0 Å². The number of para-hydroxylation sites is 2. The second-order valence-corrected chi connectivity index (χ2v) is 6.87. The van der Waals surface area contributed by atoms with Crippen LogP contribution in [0.3, 0.4) is 0 Å². The molecule has 0 unspecified atom stereocenters. The fourth-order valence-corrected chi connectivity index (χ4v) is 3.69. The minimum Gasteiger partial charge on any atom is -0.497 e. The number of ether oxygens (including phenoxy) is 1. The molecule has 1 aliphatic heterocycles.